The third-order valence-electron chi connectivity index (χ3n) is 5.69. The van der Waals surface area contributed by atoms with Crippen LogP contribution in [0.2, 0.25) is 0 Å². The molecular weight excluding hydrogens is 418 g/mol. The number of nitrogens with one attached hydrogen (secondary N) is 1. The predicted octanol–water partition coefficient (Wildman–Crippen LogP) is 4.62. The van der Waals surface area contributed by atoms with Gasteiger partial charge in [-0.05, 0) is 48.1 Å². The molecule has 1 N–H and O–H groups in total. The van der Waals surface area contributed by atoms with Crippen molar-refractivity contribution in [3.8, 4) is 6.19 Å². The van der Waals surface area contributed by atoms with Gasteiger partial charge in [-0.1, -0.05) is 48.5 Å². The minimum atomic E-state index is -0.151. The fourth-order valence-electron chi connectivity index (χ4n) is 3.93. The molecule has 0 saturated carbocycles. The van der Waals surface area contributed by atoms with Gasteiger partial charge in [0.25, 0.3) is 5.91 Å². The number of amides is 1. The molecule has 0 aliphatic carbocycles. The summed E-state index contributed by atoms with van der Waals surface area (Å²) in [4.78, 5) is 22.9. The van der Waals surface area contributed by atoms with Crippen molar-refractivity contribution < 1.29 is 4.79 Å². The third-order valence-corrected chi connectivity index (χ3v) is 6.70. The van der Waals surface area contributed by atoms with Crippen LogP contribution in [0.3, 0.4) is 0 Å². The van der Waals surface area contributed by atoms with Crippen LogP contribution >= 0.6 is 11.3 Å². The Morgan fingerprint density at radius 2 is 1.81 bits per heavy atom. The Morgan fingerprint density at radius 3 is 2.50 bits per heavy atom. The van der Waals surface area contributed by atoms with Crippen molar-refractivity contribution in [2.24, 2.45) is 4.99 Å². The second-order valence-electron chi connectivity index (χ2n) is 7.76. The van der Waals surface area contributed by atoms with Crippen LogP contribution in [0.1, 0.15) is 32.4 Å². The molecule has 32 heavy (non-hydrogen) atoms. The summed E-state index contributed by atoms with van der Waals surface area (Å²) in [6.45, 7) is 5.63. The van der Waals surface area contributed by atoms with Crippen molar-refractivity contribution in [2.75, 3.05) is 19.6 Å². The summed E-state index contributed by atoms with van der Waals surface area (Å²) >= 11 is 1.48. The fourth-order valence-corrected chi connectivity index (χ4v) is 4.81. The maximum absolute atomic E-state index is 13.4. The summed E-state index contributed by atoms with van der Waals surface area (Å²) in [5.74, 6) is 0.554. The van der Waals surface area contributed by atoms with Crippen LogP contribution in [-0.2, 0) is 0 Å². The van der Waals surface area contributed by atoms with Gasteiger partial charge >= 0.3 is 0 Å². The maximum atomic E-state index is 13.4. The van der Waals surface area contributed by atoms with Crippen LogP contribution < -0.4 is 5.32 Å². The van der Waals surface area contributed by atoms with Crippen molar-refractivity contribution in [3.63, 3.8) is 0 Å². The molecule has 2 heterocycles. The first-order valence-electron chi connectivity index (χ1n) is 10.5. The van der Waals surface area contributed by atoms with Gasteiger partial charge in [0.1, 0.15) is 0 Å². The molecule has 1 unspecified atom stereocenters. The van der Waals surface area contributed by atoms with Crippen LogP contribution in [0, 0.1) is 25.3 Å². The van der Waals surface area contributed by atoms with E-state index in [0.717, 1.165) is 27.3 Å². The van der Waals surface area contributed by atoms with Gasteiger partial charge in [0.15, 0.2) is 6.19 Å². The minimum absolute atomic E-state index is 0.0524. The summed E-state index contributed by atoms with van der Waals surface area (Å²) in [5, 5.41) is 14.1. The van der Waals surface area contributed by atoms with E-state index in [1.54, 1.807) is 0 Å². The molecule has 0 spiro atoms. The monoisotopic (exact) mass is 443 g/mol. The molecule has 1 aliphatic rings. The van der Waals surface area contributed by atoms with Crippen molar-refractivity contribution in [1.29, 1.82) is 5.26 Å². The van der Waals surface area contributed by atoms with Crippen molar-refractivity contribution in [1.82, 2.24) is 15.1 Å². The van der Waals surface area contributed by atoms with Gasteiger partial charge in [-0.25, -0.2) is 4.99 Å². The maximum Gasteiger partial charge on any atom is 0.264 e. The molecule has 3 aromatic rings. The highest BCUT2D eigenvalue weighted by Gasteiger charge is 2.34. The summed E-state index contributed by atoms with van der Waals surface area (Å²) in [6.07, 6.45) is 2.02. The smallest absolute Gasteiger partial charge is 0.264 e. The minimum Gasteiger partial charge on any atom is -0.338 e. The van der Waals surface area contributed by atoms with Gasteiger partial charge in [0.05, 0.1) is 16.6 Å². The van der Waals surface area contributed by atoms with Crippen LogP contribution in [0.25, 0.3) is 0 Å². The van der Waals surface area contributed by atoms with E-state index in [2.05, 4.69) is 10.2 Å². The first kappa shape index (κ1) is 21.6. The molecule has 162 valence electrons. The number of guanidine groups is 1. The van der Waals surface area contributed by atoms with E-state index in [9.17, 15) is 10.1 Å². The Balaban J connectivity index is 1.67. The molecule has 6 nitrogen and oxygen atoms in total. The highest BCUT2D eigenvalue weighted by molar-refractivity contribution is 7.12. The topological polar surface area (TPSA) is 71.7 Å². The van der Waals surface area contributed by atoms with Gasteiger partial charge < -0.3 is 9.80 Å². The summed E-state index contributed by atoms with van der Waals surface area (Å²) in [7, 11) is 0. The van der Waals surface area contributed by atoms with E-state index >= 15 is 0 Å². The largest absolute Gasteiger partial charge is 0.338 e. The normalized spacial score (nSPS) is 16.5. The number of rotatable bonds is 3. The molecule has 1 amide bonds. The number of thiophene rings is 1. The lowest BCUT2D eigenvalue weighted by Crippen LogP contribution is -2.54. The number of carbonyl (C=O) groups excluding carboxylic acids is 1. The Kier molecular flexibility index (Phi) is 6.52. The molecule has 2 aromatic carbocycles. The lowest BCUT2D eigenvalue weighted by molar-refractivity contribution is 0.0552. The quantitative estimate of drug-likeness (QED) is 0.277. The van der Waals surface area contributed by atoms with Crippen LogP contribution in [0.5, 0.6) is 0 Å². The second kappa shape index (κ2) is 9.67. The first-order chi connectivity index (χ1) is 15.6. The van der Waals surface area contributed by atoms with Gasteiger partial charge in [-0.3, -0.25) is 10.1 Å². The fraction of sp³-hybridized carbons (Fsp3) is 0.240. The molecule has 0 radical (unpaired) electrons. The SMILES string of the molecule is Cc1ccccc1N=C(NC#N)N1CCN(C(=O)c2sccc2C)C(c2ccccc2)C1. The number of benzene rings is 2. The molecule has 1 atom stereocenters. The molecule has 0 bridgehead atoms. The molecular formula is C25H25N5OS. The average Bonchev–Trinajstić information content (AvgIpc) is 3.25. The Hall–Kier alpha value is -3.63. The van der Waals surface area contributed by atoms with E-state index in [-0.39, 0.29) is 11.9 Å². The highest BCUT2D eigenvalue weighted by Crippen LogP contribution is 2.30. The lowest BCUT2D eigenvalue weighted by atomic mass is 10.0. The average molecular weight is 444 g/mol. The number of para-hydroxylation sites is 1. The summed E-state index contributed by atoms with van der Waals surface area (Å²) in [6, 6.07) is 19.7. The van der Waals surface area contributed by atoms with Crippen LogP contribution in [0.4, 0.5) is 5.69 Å². The van der Waals surface area contributed by atoms with Gasteiger partial charge in [-0.15, -0.1) is 11.3 Å². The van der Waals surface area contributed by atoms with E-state index in [1.807, 2.05) is 91.0 Å². The number of carbonyl (C=O) groups is 1. The van der Waals surface area contributed by atoms with Gasteiger partial charge in [-0.2, -0.15) is 5.26 Å². The first-order valence-corrected chi connectivity index (χ1v) is 11.4. The van der Waals surface area contributed by atoms with Crippen molar-refractivity contribution in [2.45, 2.75) is 19.9 Å². The Labute approximate surface area is 192 Å². The van der Waals surface area contributed by atoms with E-state index in [4.69, 9.17) is 4.99 Å². The second-order valence-corrected chi connectivity index (χ2v) is 8.68. The van der Waals surface area contributed by atoms with Crippen LogP contribution in [0.15, 0.2) is 71.0 Å². The molecule has 1 fully saturated rings. The number of hydrogen-bond donors (Lipinski definition) is 1. The number of hydrogen-bond acceptors (Lipinski definition) is 4. The van der Waals surface area contributed by atoms with E-state index < -0.39 is 0 Å². The summed E-state index contributed by atoms with van der Waals surface area (Å²) < 4.78 is 0. The zero-order chi connectivity index (χ0) is 22.5. The third kappa shape index (κ3) is 4.51. The number of aryl methyl sites for hydroxylation is 2. The lowest BCUT2D eigenvalue weighted by Gasteiger charge is -2.42. The standard InChI is InChI=1S/C25H25N5OS/c1-18-8-6-7-11-21(18)28-25(27-17-26)29-13-14-30(24(31)23-19(2)12-15-32-23)22(16-29)20-9-4-3-5-10-20/h3-12,15,22H,13-14,16H2,1-2H3,(H,27,28). The highest BCUT2D eigenvalue weighted by atomic mass is 32.1. The molecule has 7 heteroatoms. The predicted molar refractivity (Wildman–Crippen MR) is 128 cm³/mol. The van der Waals surface area contributed by atoms with Gasteiger partial charge in [0, 0.05) is 19.6 Å². The van der Waals surface area contributed by atoms with Crippen molar-refractivity contribution in [3.05, 3.63) is 87.6 Å². The van der Waals surface area contributed by atoms with Crippen LogP contribution in [-0.4, -0.2) is 41.3 Å². The molecule has 1 aromatic heterocycles. The number of piperazine rings is 1. The zero-order valence-corrected chi connectivity index (χ0v) is 19.0. The Morgan fingerprint density at radius 1 is 1.06 bits per heavy atom. The van der Waals surface area contributed by atoms with Crippen molar-refractivity contribution >= 4 is 28.9 Å². The van der Waals surface area contributed by atoms with E-state index in [1.165, 1.54) is 11.3 Å². The van der Waals surface area contributed by atoms with E-state index in [0.29, 0.717) is 25.6 Å². The number of nitrogens with zero attached hydrogens (tertiary/aromatic N) is 4. The zero-order valence-electron chi connectivity index (χ0n) is 18.2. The number of aliphatic imine (C=N–C) groups is 1. The molecule has 1 aliphatic heterocycles. The number of nitriles is 1. The Bertz CT molecular complexity index is 1160. The summed E-state index contributed by atoms with van der Waals surface area (Å²) in [5.41, 5.74) is 3.91. The molecule has 1 saturated heterocycles. The molecule has 4 rings (SSSR count). The van der Waals surface area contributed by atoms with Gasteiger partial charge in [0.2, 0.25) is 5.96 Å².